The highest BCUT2D eigenvalue weighted by atomic mass is 35.5. The van der Waals surface area contributed by atoms with Crippen molar-refractivity contribution in [3.05, 3.63) is 0 Å². The van der Waals surface area contributed by atoms with Gasteiger partial charge in [-0.25, -0.2) is 0 Å². The molecule has 1 saturated carbocycles. The molecule has 1 nitrogen and oxygen atoms in total. The smallest absolute Gasteiger partial charge is 0.227 e. The fraction of sp³-hybridized carbons (Fsp3) is 0.952. The number of hydrogen-bond acceptors (Lipinski definition) is 1. The molecular formula is C21H40ClOP. The van der Waals surface area contributed by atoms with E-state index in [1.807, 2.05) is 0 Å². The molecule has 0 saturated heterocycles. The lowest BCUT2D eigenvalue weighted by Gasteiger charge is -2.39. The summed E-state index contributed by atoms with van der Waals surface area (Å²) in [7, 11) is 3.21. The monoisotopic (exact) mass is 374 g/mol. The van der Waals surface area contributed by atoms with E-state index >= 15 is 0 Å². The van der Waals surface area contributed by atoms with Gasteiger partial charge in [0.25, 0.3) is 0 Å². The molecule has 142 valence electrons. The van der Waals surface area contributed by atoms with Crippen LogP contribution < -0.4 is 0 Å². The SMILES string of the molecule is CCC1(C)CCCCC(C)(C(=O)Cl)[C@@H](C)CCCCC(P)(CC)C1. The van der Waals surface area contributed by atoms with Crippen LogP contribution >= 0.6 is 20.8 Å². The van der Waals surface area contributed by atoms with E-state index in [0.29, 0.717) is 16.5 Å². The summed E-state index contributed by atoms with van der Waals surface area (Å²) in [6.07, 6.45) is 13.2. The molecule has 0 aromatic heterocycles. The van der Waals surface area contributed by atoms with Gasteiger partial charge in [0.2, 0.25) is 5.24 Å². The van der Waals surface area contributed by atoms with Crippen LogP contribution in [0.4, 0.5) is 0 Å². The fourth-order valence-electron chi connectivity index (χ4n) is 4.46. The lowest BCUT2D eigenvalue weighted by atomic mass is 9.72. The van der Waals surface area contributed by atoms with Gasteiger partial charge < -0.3 is 0 Å². The Hall–Kier alpha value is 0.390. The average molecular weight is 375 g/mol. The maximum absolute atomic E-state index is 12.1. The molecule has 0 bridgehead atoms. The first kappa shape index (κ1) is 22.4. The molecule has 0 heterocycles. The van der Waals surface area contributed by atoms with E-state index in [4.69, 9.17) is 11.6 Å². The molecule has 3 heteroatoms. The third kappa shape index (κ3) is 5.98. The van der Waals surface area contributed by atoms with Crippen LogP contribution in [0.2, 0.25) is 0 Å². The van der Waals surface area contributed by atoms with Crippen LogP contribution in [0.5, 0.6) is 0 Å². The van der Waals surface area contributed by atoms with Gasteiger partial charge in [-0.3, -0.25) is 4.79 Å². The molecule has 0 spiro atoms. The zero-order valence-corrected chi connectivity index (χ0v) is 18.6. The Morgan fingerprint density at radius 3 is 2.17 bits per heavy atom. The van der Waals surface area contributed by atoms with Gasteiger partial charge in [-0.1, -0.05) is 66.7 Å². The Kier molecular flexibility index (Phi) is 8.75. The minimum absolute atomic E-state index is 0.128. The minimum Gasteiger partial charge on any atom is -0.281 e. The number of rotatable bonds is 3. The molecule has 0 aromatic rings. The van der Waals surface area contributed by atoms with Crippen molar-refractivity contribution in [3.63, 3.8) is 0 Å². The van der Waals surface area contributed by atoms with Gasteiger partial charge >= 0.3 is 0 Å². The maximum atomic E-state index is 12.1. The fourth-order valence-corrected chi connectivity index (χ4v) is 5.44. The van der Waals surface area contributed by atoms with Crippen LogP contribution in [0.15, 0.2) is 0 Å². The predicted octanol–water partition coefficient (Wildman–Crippen LogP) is 7.36. The molecule has 0 aliphatic heterocycles. The summed E-state index contributed by atoms with van der Waals surface area (Å²) < 4.78 is 0. The zero-order chi connectivity index (χ0) is 18.4. The first-order valence-electron chi connectivity index (χ1n) is 10.1. The van der Waals surface area contributed by atoms with Crippen molar-refractivity contribution in [2.75, 3.05) is 0 Å². The van der Waals surface area contributed by atoms with E-state index in [-0.39, 0.29) is 10.7 Å². The van der Waals surface area contributed by atoms with E-state index in [0.717, 1.165) is 19.3 Å². The molecule has 1 rings (SSSR count). The lowest BCUT2D eigenvalue weighted by molar-refractivity contribution is -0.122. The summed E-state index contributed by atoms with van der Waals surface area (Å²) in [5.41, 5.74) is 0.0693. The van der Waals surface area contributed by atoms with Crippen molar-refractivity contribution in [3.8, 4) is 0 Å². The predicted molar refractivity (Wildman–Crippen MR) is 111 cm³/mol. The van der Waals surface area contributed by atoms with Crippen LogP contribution in [0.25, 0.3) is 0 Å². The second kappa shape index (κ2) is 9.36. The van der Waals surface area contributed by atoms with Gasteiger partial charge in [0.1, 0.15) is 0 Å². The Morgan fingerprint density at radius 2 is 1.62 bits per heavy atom. The molecule has 24 heavy (non-hydrogen) atoms. The molecule has 1 aliphatic carbocycles. The van der Waals surface area contributed by atoms with Crippen molar-refractivity contribution >= 4 is 26.1 Å². The van der Waals surface area contributed by atoms with Crippen LogP contribution in [-0.4, -0.2) is 10.4 Å². The van der Waals surface area contributed by atoms with Crippen molar-refractivity contribution in [2.24, 2.45) is 16.7 Å². The van der Waals surface area contributed by atoms with Gasteiger partial charge in [-0.15, -0.1) is 9.24 Å². The summed E-state index contributed by atoms with van der Waals surface area (Å²) in [6, 6.07) is 0. The molecule has 0 amide bonds. The number of carbonyl (C=O) groups excluding carboxylic acids is 1. The standard InChI is InChI=1S/C21H40ClOP/c1-6-19(4)13-10-11-14-20(5,18(22)23)17(3)12-8-9-15-21(24,7-2)16-19/h17H,6-16,24H2,1-5H3/t17-,19?,20?,21?/m0/s1. The first-order valence-corrected chi connectivity index (χ1v) is 11.1. The molecule has 5 atom stereocenters. The molecule has 0 N–H and O–H groups in total. The van der Waals surface area contributed by atoms with E-state index in [2.05, 4.69) is 43.9 Å². The summed E-state index contributed by atoms with van der Waals surface area (Å²) >= 11 is 6.03. The molecular weight excluding hydrogens is 335 g/mol. The molecule has 0 radical (unpaired) electrons. The van der Waals surface area contributed by atoms with E-state index in [1.54, 1.807) is 0 Å². The Morgan fingerprint density at radius 1 is 1.04 bits per heavy atom. The van der Waals surface area contributed by atoms with E-state index in [1.165, 1.54) is 51.4 Å². The van der Waals surface area contributed by atoms with Crippen LogP contribution in [0.3, 0.4) is 0 Å². The van der Waals surface area contributed by atoms with Gasteiger partial charge in [0.15, 0.2) is 0 Å². The van der Waals surface area contributed by atoms with Crippen molar-refractivity contribution in [2.45, 2.75) is 110 Å². The van der Waals surface area contributed by atoms with E-state index in [9.17, 15) is 4.79 Å². The van der Waals surface area contributed by atoms with Gasteiger partial charge in [0, 0.05) is 5.41 Å². The topological polar surface area (TPSA) is 17.1 Å². The third-order valence-corrected chi connectivity index (χ3v) is 8.49. The second-order valence-electron chi connectivity index (χ2n) is 9.10. The highest BCUT2D eigenvalue weighted by Crippen LogP contribution is 2.46. The number of carbonyl (C=O) groups is 1. The van der Waals surface area contributed by atoms with Gasteiger partial charge in [0.05, 0.1) is 0 Å². The van der Waals surface area contributed by atoms with Gasteiger partial charge in [-0.2, -0.15) is 0 Å². The normalized spacial score (nSPS) is 40.2. The molecule has 1 fully saturated rings. The Balaban J connectivity index is 2.94. The second-order valence-corrected chi connectivity index (χ2v) is 10.7. The third-order valence-electron chi connectivity index (χ3n) is 7.16. The minimum atomic E-state index is -0.346. The van der Waals surface area contributed by atoms with Gasteiger partial charge in [-0.05, 0) is 66.6 Å². The quantitative estimate of drug-likeness (QED) is 0.372. The average Bonchev–Trinajstić information content (AvgIpc) is 2.55. The largest absolute Gasteiger partial charge is 0.281 e. The number of halogens is 1. The summed E-state index contributed by atoms with van der Waals surface area (Å²) in [5.74, 6) is 0.376. The first-order chi connectivity index (χ1) is 11.1. The lowest BCUT2D eigenvalue weighted by Crippen LogP contribution is -2.32. The maximum Gasteiger partial charge on any atom is 0.227 e. The summed E-state index contributed by atoms with van der Waals surface area (Å²) in [6.45, 7) is 11.5. The zero-order valence-electron chi connectivity index (χ0n) is 16.7. The molecule has 0 aromatic carbocycles. The van der Waals surface area contributed by atoms with Crippen molar-refractivity contribution in [1.82, 2.24) is 0 Å². The van der Waals surface area contributed by atoms with Crippen LogP contribution in [0.1, 0.15) is 105 Å². The summed E-state index contributed by atoms with van der Waals surface area (Å²) in [5, 5.41) is 0.255. The number of hydrogen-bond donors (Lipinski definition) is 0. The van der Waals surface area contributed by atoms with Crippen LogP contribution in [-0.2, 0) is 4.79 Å². The highest BCUT2D eigenvalue weighted by Gasteiger charge is 2.38. The van der Waals surface area contributed by atoms with Crippen molar-refractivity contribution in [1.29, 1.82) is 0 Å². The highest BCUT2D eigenvalue weighted by molar-refractivity contribution is 7.19. The van der Waals surface area contributed by atoms with E-state index < -0.39 is 0 Å². The van der Waals surface area contributed by atoms with Crippen molar-refractivity contribution < 1.29 is 4.79 Å². The Labute approximate surface area is 158 Å². The van der Waals surface area contributed by atoms with Crippen LogP contribution in [0, 0.1) is 16.7 Å². The summed E-state index contributed by atoms with van der Waals surface area (Å²) in [4.78, 5) is 12.1. The molecule has 4 unspecified atom stereocenters. The Bertz CT molecular complexity index is 413. The molecule has 1 aliphatic rings.